The Morgan fingerprint density at radius 2 is 1.93 bits per heavy atom. The molecule has 1 unspecified atom stereocenters. The Labute approximate surface area is 193 Å². The number of nitrogens with zero attached hydrogens (tertiary/aromatic N) is 1. The molecule has 1 aromatic heterocycles. The molecule has 1 atom stereocenters. The fraction of sp³-hybridized carbons (Fsp3) is 0.182. The van der Waals surface area contributed by atoms with Crippen molar-refractivity contribution in [3.05, 3.63) is 86.9 Å². The highest BCUT2D eigenvalue weighted by Crippen LogP contribution is 2.44. The van der Waals surface area contributed by atoms with Crippen LogP contribution in [0.25, 0.3) is 10.9 Å². The molecule has 0 N–H and O–H groups in total. The lowest BCUT2D eigenvalue weighted by Gasteiger charge is -2.32. The van der Waals surface area contributed by atoms with E-state index in [4.69, 9.17) is 4.74 Å². The highest BCUT2D eigenvalue weighted by Gasteiger charge is 2.49. The molecule has 0 spiro atoms. The van der Waals surface area contributed by atoms with Crippen LogP contribution in [0.1, 0.15) is 13.3 Å². The maximum Gasteiger partial charge on any atom is 0.251 e. The molecule has 0 amide bonds. The van der Waals surface area contributed by atoms with Gasteiger partial charge in [0.1, 0.15) is 10.5 Å². The number of benzene rings is 2. The maximum absolute atomic E-state index is 15.9. The van der Waals surface area contributed by atoms with Crippen molar-refractivity contribution in [1.29, 1.82) is 0 Å². The van der Waals surface area contributed by atoms with E-state index in [1.807, 2.05) is 30.5 Å². The molecular weight excluding hydrogens is 536 g/mol. The molecule has 3 aromatic rings. The molecule has 0 fully saturated rings. The smallest absolute Gasteiger partial charge is 0.251 e. The van der Waals surface area contributed by atoms with Crippen molar-refractivity contribution in [3.63, 3.8) is 0 Å². The molecule has 0 saturated carbocycles. The summed E-state index contributed by atoms with van der Waals surface area (Å²) in [7, 11) is -4.11. The highest BCUT2D eigenvalue weighted by molar-refractivity contribution is 14.1. The van der Waals surface area contributed by atoms with Gasteiger partial charge in [0, 0.05) is 20.1 Å². The van der Waals surface area contributed by atoms with Gasteiger partial charge in [-0.15, -0.1) is 11.8 Å². The Morgan fingerprint density at radius 3 is 2.67 bits per heavy atom. The summed E-state index contributed by atoms with van der Waals surface area (Å²) in [5, 5.41) is 0.778. The second-order valence-corrected chi connectivity index (χ2v) is 11.4. The first-order valence-corrected chi connectivity index (χ1v) is 12.9. The number of allylic oxidation sites excluding steroid dienone is 1. The van der Waals surface area contributed by atoms with Crippen LogP contribution in [-0.4, -0.2) is 23.4 Å². The standard InChI is InChI=1S/C22H19FINO3S2/c1-22(30(26,27)25-13-11-15-6-3-4-9-18(15)25)12-10-19(29-2)20(21(22)23)28-17-8-5-7-16(24)14-17/h3-11,13-14H,12H2,1-2H3. The van der Waals surface area contributed by atoms with Crippen LogP contribution in [0.5, 0.6) is 5.75 Å². The minimum atomic E-state index is -4.11. The summed E-state index contributed by atoms with van der Waals surface area (Å²) in [5.74, 6) is -0.371. The summed E-state index contributed by atoms with van der Waals surface area (Å²) in [6.45, 7) is 1.41. The number of ether oxygens (including phenoxy) is 1. The third-order valence-corrected chi connectivity index (χ3v) is 8.98. The summed E-state index contributed by atoms with van der Waals surface area (Å²) >= 11 is 3.47. The van der Waals surface area contributed by atoms with Crippen molar-refractivity contribution >= 4 is 55.3 Å². The molecule has 0 radical (unpaired) electrons. The minimum Gasteiger partial charge on any atom is -0.453 e. The first kappa shape index (κ1) is 21.5. The largest absolute Gasteiger partial charge is 0.453 e. The van der Waals surface area contributed by atoms with Gasteiger partial charge in [-0.2, -0.15) is 0 Å². The van der Waals surface area contributed by atoms with E-state index in [1.54, 1.807) is 36.4 Å². The van der Waals surface area contributed by atoms with Crippen LogP contribution in [0.2, 0.25) is 0 Å². The first-order valence-electron chi connectivity index (χ1n) is 9.17. The Morgan fingerprint density at radius 1 is 1.17 bits per heavy atom. The predicted molar refractivity (Wildman–Crippen MR) is 129 cm³/mol. The minimum absolute atomic E-state index is 0.0169. The molecule has 156 valence electrons. The first-order chi connectivity index (χ1) is 14.3. The van der Waals surface area contributed by atoms with E-state index in [-0.39, 0.29) is 12.2 Å². The van der Waals surface area contributed by atoms with Crippen LogP contribution in [-0.2, 0) is 10.0 Å². The van der Waals surface area contributed by atoms with Crippen LogP contribution in [0.4, 0.5) is 4.39 Å². The molecule has 4 rings (SSSR count). The normalized spacial score (nSPS) is 19.8. The van der Waals surface area contributed by atoms with Gasteiger partial charge in [-0.05, 0) is 72.5 Å². The molecule has 0 saturated heterocycles. The number of halogens is 2. The second kappa shape index (κ2) is 8.05. The molecule has 30 heavy (non-hydrogen) atoms. The van der Waals surface area contributed by atoms with E-state index < -0.39 is 20.6 Å². The van der Waals surface area contributed by atoms with Gasteiger partial charge in [-0.3, -0.25) is 0 Å². The number of hydrogen-bond donors (Lipinski definition) is 0. The van der Waals surface area contributed by atoms with Gasteiger partial charge < -0.3 is 4.74 Å². The Bertz CT molecular complexity index is 1300. The molecular formula is C22H19FINO3S2. The highest BCUT2D eigenvalue weighted by atomic mass is 127. The predicted octanol–water partition coefficient (Wildman–Crippen LogP) is 6.09. The fourth-order valence-corrected chi connectivity index (χ4v) is 6.21. The number of hydrogen-bond acceptors (Lipinski definition) is 4. The summed E-state index contributed by atoms with van der Waals surface area (Å²) in [5.41, 5.74) is 0.520. The van der Waals surface area contributed by atoms with Crippen molar-refractivity contribution in [2.75, 3.05) is 6.26 Å². The number of aromatic nitrogens is 1. The van der Waals surface area contributed by atoms with Crippen LogP contribution in [0.3, 0.4) is 0 Å². The van der Waals surface area contributed by atoms with Crippen LogP contribution in [0, 0.1) is 3.57 Å². The van der Waals surface area contributed by atoms with Gasteiger partial charge in [-0.1, -0.05) is 30.3 Å². The van der Waals surface area contributed by atoms with Gasteiger partial charge in [0.15, 0.2) is 11.6 Å². The quantitative estimate of drug-likeness (QED) is 0.358. The van der Waals surface area contributed by atoms with Crippen LogP contribution >= 0.6 is 34.4 Å². The summed E-state index contributed by atoms with van der Waals surface area (Å²) in [6, 6.07) is 16.1. The van der Waals surface area contributed by atoms with Crippen LogP contribution < -0.4 is 4.74 Å². The van der Waals surface area contributed by atoms with Crippen molar-refractivity contribution < 1.29 is 17.5 Å². The van der Waals surface area contributed by atoms with Crippen molar-refractivity contribution in [2.24, 2.45) is 0 Å². The zero-order chi connectivity index (χ0) is 21.5. The Kier molecular flexibility index (Phi) is 5.75. The Balaban J connectivity index is 1.84. The third-order valence-electron chi connectivity index (χ3n) is 5.19. The molecule has 4 nitrogen and oxygen atoms in total. The second-order valence-electron chi connectivity index (χ2n) is 7.09. The molecule has 2 aromatic carbocycles. The molecule has 0 bridgehead atoms. The summed E-state index contributed by atoms with van der Waals surface area (Å²) in [6.07, 6.45) is 5.05. The summed E-state index contributed by atoms with van der Waals surface area (Å²) < 4.78 is 49.4. The molecule has 1 aliphatic rings. The monoisotopic (exact) mass is 555 g/mol. The van der Waals surface area contributed by atoms with Crippen LogP contribution in [0.15, 0.2) is 83.4 Å². The van der Waals surface area contributed by atoms with Crippen molar-refractivity contribution in [1.82, 2.24) is 3.97 Å². The lowest BCUT2D eigenvalue weighted by atomic mass is 9.99. The van der Waals surface area contributed by atoms with Gasteiger partial charge in [0.2, 0.25) is 0 Å². The molecule has 0 aliphatic heterocycles. The van der Waals surface area contributed by atoms with Gasteiger partial charge in [0.05, 0.1) is 5.52 Å². The van der Waals surface area contributed by atoms with E-state index in [1.165, 1.54) is 28.9 Å². The number of rotatable bonds is 5. The average molecular weight is 555 g/mol. The van der Waals surface area contributed by atoms with Crippen molar-refractivity contribution in [2.45, 2.75) is 18.1 Å². The molecule has 8 heteroatoms. The molecule has 1 heterocycles. The maximum atomic E-state index is 15.9. The zero-order valence-corrected chi connectivity index (χ0v) is 20.1. The van der Waals surface area contributed by atoms with Gasteiger partial charge >= 0.3 is 0 Å². The average Bonchev–Trinajstić information content (AvgIpc) is 3.16. The number of para-hydroxylation sites is 1. The van der Waals surface area contributed by atoms with E-state index in [0.29, 0.717) is 16.2 Å². The van der Waals surface area contributed by atoms with E-state index in [2.05, 4.69) is 22.6 Å². The number of fused-ring (bicyclic) bond motifs is 1. The Hall–Kier alpha value is -1.78. The van der Waals surface area contributed by atoms with Gasteiger partial charge in [0.25, 0.3) is 10.0 Å². The fourth-order valence-electron chi connectivity index (χ4n) is 3.44. The topological polar surface area (TPSA) is 48.3 Å². The SMILES string of the molecule is CSC1=CCC(C)(S(=O)(=O)n2ccc3ccccc32)C(F)=C1Oc1cccc(I)c1. The third kappa shape index (κ3) is 3.48. The lowest BCUT2D eigenvalue weighted by Crippen LogP contribution is -2.42. The zero-order valence-electron chi connectivity index (χ0n) is 16.3. The molecule has 1 aliphatic carbocycles. The van der Waals surface area contributed by atoms with Gasteiger partial charge in [-0.25, -0.2) is 16.8 Å². The lowest BCUT2D eigenvalue weighted by molar-refractivity contribution is 0.374. The van der Waals surface area contributed by atoms with Crippen molar-refractivity contribution in [3.8, 4) is 5.75 Å². The number of thioether (sulfide) groups is 1. The van der Waals surface area contributed by atoms with E-state index in [0.717, 1.165) is 8.96 Å². The van der Waals surface area contributed by atoms with E-state index >= 15 is 4.39 Å². The van der Waals surface area contributed by atoms with E-state index in [9.17, 15) is 8.42 Å². The summed E-state index contributed by atoms with van der Waals surface area (Å²) in [4.78, 5) is 0.580.